The van der Waals surface area contributed by atoms with Crippen LogP contribution in [-0.4, -0.2) is 94.2 Å². The van der Waals surface area contributed by atoms with Crippen LogP contribution < -0.4 is 38.9 Å². The predicted octanol–water partition coefficient (Wildman–Crippen LogP) is -5.36. The molecule has 4 amide bonds. The third-order valence-corrected chi connectivity index (χ3v) is 4.43. The van der Waals surface area contributed by atoms with E-state index >= 15 is 0 Å². The first-order valence-corrected chi connectivity index (χ1v) is 10.3. The number of nitrogens with one attached hydrogen (secondary N) is 3. The summed E-state index contributed by atoms with van der Waals surface area (Å²) in [5.74, 6) is -7.09. The fourth-order valence-electron chi connectivity index (χ4n) is 2.60. The van der Waals surface area contributed by atoms with Crippen molar-refractivity contribution in [3.05, 3.63) is 0 Å². The number of aliphatic hydroxyl groups is 1. The van der Waals surface area contributed by atoms with Crippen molar-refractivity contribution in [3.8, 4) is 0 Å². The molecule has 35 heavy (non-hydrogen) atoms. The number of aliphatic carboxylic acids is 2. The monoisotopic (exact) mass is 504 g/mol. The van der Waals surface area contributed by atoms with Crippen LogP contribution in [0.1, 0.15) is 32.1 Å². The minimum absolute atomic E-state index is 0.132. The maximum atomic E-state index is 12.5. The van der Waals surface area contributed by atoms with E-state index in [0.717, 1.165) is 0 Å². The molecule has 0 aliphatic carbocycles. The molecular formula is C18H32N8O9. The molecule has 0 aromatic heterocycles. The van der Waals surface area contributed by atoms with Gasteiger partial charge in [-0.2, -0.15) is 0 Å². The van der Waals surface area contributed by atoms with E-state index in [2.05, 4.69) is 15.6 Å². The number of nitrogens with zero attached hydrogens (tertiary/aromatic N) is 1. The molecular weight excluding hydrogens is 472 g/mol. The molecule has 17 heteroatoms. The first-order valence-electron chi connectivity index (χ1n) is 10.3. The SMILES string of the molecule is NC(=O)CCC(NC(=O)C(CO)NC(=O)C(N)CCCN=C(N)N)C(=O)NC(CC(=O)O)C(=O)O. The number of rotatable bonds is 17. The third kappa shape index (κ3) is 13.3. The number of hydrogen-bond donors (Lipinski definition) is 10. The summed E-state index contributed by atoms with van der Waals surface area (Å²) >= 11 is 0. The number of aliphatic imine (C=N–C) groups is 1. The summed E-state index contributed by atoms with van der Waals surface area (Å²) < 4.78 is 0. The molecule has 0 heterocycles. The minimum Gasteiger partial charge on any atom is -0.481 e. The van der Waals surface area contributed by atoms with Crippen LogP contribution in [0.25, 0.3) is 0 Å². The summed E-state index contributed by atoms with van der Waals surface area (Å²) in [6, 6.07) is -5.99. The van der Waals surface area contributed by atoms with E-state index in [4.69, 9.17) is 33.1 Å². The van der Waals surface area contributed by atoms with Crippen LogP contribution in [0.3, 0.4) is 0 Å². The van der Waals surface area contributed by atoms with Gasteiger partial charge in [0.1, 0.15) is 18.1 Å². The fraction of sp³-hybridized carbons (Fsp3) is 0.611. The average molecular weight is 505 g/mol. The largest absolute Gasteiger partial charge is 0.481 e. The quantitative estimate of drug-likeness (QED) is 0.0504. The molecule has 0 saturated carbocycles. The number of guanidine groups is 1. The topological polar surface area (TPSA) is 316 Å². The number of carboxylic acids is 2. The van der Waals surface area contributed by atoms with Crippen LogP contribution in [0, 0.1) is 0 Å². The summed E-state index contributed by atoms with van der Waals surface area (Å²) in [5.41, 5.74) is 21.2. The van der Waals surface area contributed by atoms with Gasteiger partial charge < -0.3 is 54.2 Å². The van der Waals surface area contributed by atoms with Crippen molar-refractivity contribution >= 4 is 41.5 Å². The van der Waals surface area contributed by atoms with Gasteiger partial charge in [0.25, 0.3) is 0 Å². The molecule has 0 radical (unpaired) electrons. The summed E-state index contributed by atoms with van der Waals surface area (Å²) in [6.45, 7) is -0.678. The Hall–Kier alpha value is -3.99. The minimum atomic E-state index is -1.82. The number of aliphatic hydroxyl groups excluding tert-OH is 1. The molecule has 0 aromatic rings. The van der Waals surface area contributed by atoms with E-state index in [0.29, 0.717) is 6.42 Å². The standard InChI is InChI=1S/C18H32N8O9/c19-8(2-1-5-23-18(21)22)14(31)26-11(7-27)16(33)24-9(3-4-12(20)28)15(32)25-10(17(34)35)6-13(29)30/h8-11,27H,1-7,19H2,(H2,20,28)(H,24,33)(H,25,32)(H,26,31)(H,29,30)(H,34,35)(H4,21,22,23). The first kappa shape index (κ1) is 31.0. The summed E-state index contributed by atoms with van der Waals surface area (Å²) in [7, 11) is 0. The number of carboxylic acid groups (broad SMARTS) is 2. The van der Waals surface area contributed by atoms with Gasteiger partial charge in [-0.05, 0) is 19.3 Å². The normalized spacial score (nSPS) is 13.9. The molecule has 0 bridgehead atoms. The number of carbonyl (C=O) groups is 6. The van der Waals surface area contributed by atoms with Gasteiger partial charge >= 0.3 is 11.9 Å². The Morgan fingerprint density at radius 2 is 1.34 bits per heavy atom. The van der Waals surface area contributed by atoms with Crippen LogP contribution in [0.5, 0.6) is 0 Å². The van der Waals surface area contributed by atoms with Crippen LogP contribution in [-0.2, 0) is 28.8 Å². The highest BCUT2D eigenvalue weighted by atomic mass is 16.4. The molecule has 0 spiro atoms. The third-order valence-electron chi connectivity index (χ3n) is 4.43. The highest BCUT2D eigenvalue weighted by molar-refractivity contribution is 5.95. The molecule has 4 unspecified atom stereocenters. The number of nitrogens with two attached hydrogens (primary N) is 4. The molecule has 0 fully saturated rings. The average Bonchev–Trinajstić information content (AvgIpc) is 2.75. The van der Waals surface area contributed by atoms with Gasteiger partial charge in [0.15, 0.2) is 5.96 Å². The van der Waals surface area contributed by atoms with Gasteiger partial charge in [-0.3, -0.25) is 29.0 Å². The highest BCUT2D eigenvalue weighted by Crippen LogP contribution is 2.03. The maximum Gasteiger partial charge on any atom is 0.326 e. The second-order valence-corrected chi connectivity index (χ2v) is 7.36. The Balaban J connectivity index is 5.24. The van der Waals surface area contributed by atoms with Crippen molar-refractivity contribution < 1.29 is 44.1 Å². The van der Waals surface area contributed by atoms with Gasteiger partial charge in [0, 0.05) is 13.0 Å². The molecule has 0 aromatic carbocycles. The van der Waals surface area contributed by atoms with Crippen LogP contribution in [0.2, 0.25) is 0 Å². The predicted molar refractivity (Wildman–Crippen MR) is 119 cm³/mol. The van der Waals surface area contributed by atoms with E-state index in [1.165, 1.54) is 0 Å². The lowest BCUT2D eigenvalue weighted by Crippen LogP contribution is -2.58. The molecule has 17 nitrogen and oxygen atoms in total. The van der Waals surface area contributed by atoms with Crippen molar-refractivity contribution in [1.82, 2.24) is 16.0 Å². The van der Waals surface area contributed by atoms with Gasteiger partial charge in [-0.1, -0.05) is 0 Å². The number of primary amides is 1. The van der Waals surface area contributed by atoms with E-state index in [1.807, 2.05) is 5.32 Å². The second kappa shape index (κ2) is 15.8. The Morgan fingerprint density at radius 3 is 1.83 bits per heavy atom. The van der Waals surface area contributed by atoms with Crippen molar-refractivity contribution in [2.24, 2.45) is 27.9 Å². The molecule has 0 saturated heterocycles. The van der Waals surface area contributed by atoms with E-state index < -0.39 is 79.2 Å². The molecule has 198 valence electrons. The van der Waals surface area contributed by atoms with E-state index in [-0.39, 0.29) is 25.3 Å². The Morgan fingerprint density at radius 1 is 0.800 bits per heavy atom. The van der Waals surface area contributed by atoms with Gasteiger partial charge in [-0.25, -0.2) is 4.79 Å². The lowest BCUT2D eigenvalue weighted by molar-refractivity contribution is -0.147. The Labute approximate surface area is 199 Å². The summed E-state index contributed by atoms with van der Waals surface area (Å²) in [5, 5.41) is 33.7. The van der Waals surface area contributed by atoms with Crippen molar-refractivity contribution in [2.75, 3.05) is 13.2 Å². The van der Waals surface area contributed by atoms with E-state index in [9.17, 15) is 33.9 Å². The molecule has 0 aliphatic rings. The van der Waals surface area contributed by atoms with Gasteiger partial charge in [0.2, 0.25) is 23.6 Å². The van der Waals surface area contributed by atoms with E-state index in [1.54, 1.807) is 0 Å². The second-order valence-electron chi connectivity index (χ2n) is 7.36. The van der Waals surface area contributed by atoms with Gasteiger partial charge in [-0.15, -0.1) is 0 Å². The zero-order valence-electron chi connectivity index (χ0n) is 18.8. The molecule has 4 atom stereocenters. The highest BCUT2D eigenvalue weighted by Gasteiger charge is 2.31. The van der Waals surface area contributed by atoms with Gasteiger partial charge in [0.05, 0.1) is 19.1 Å². The number of carbonyl (C=O) groups excluding carboxylic acids is 4. The number of amides is 4. The summed E-state index contributed by atoms with van der Waals surface area (Å²) in [4.78, 5) is 74.1. The maximum absolute atomic E-state index is 12.5. The van der Waals surface area contributed by atoms with Crippen LogP contribution in [0.15, 0.2) is 4.99 Å². The van der Waals surface area contributed by atoms with Crippen LogP contribution >= 0.6 is 0 Å². The Bertz CT molecular complexity index is 816. The smallest absolute Gasteiger partial charge is 0.326 e. The molecule has 0 aliphatic heterocycles. The zero-order chi connectivity index (χ0) is 27.1. The Kier molecular flexibility index (Phi) is 14.0. The van der Waals surface area contributed by atoms with Crippen molar-refractivity contribution in [2.45, 2.75) is 56.3 Å². The number of hydrogen-bond acceptors (Lipinski definition) is 9. The molecule has 0 rings (SSSR count). The lowest BCUT2D eigenvalue weighted by Gasteiger charge is -2.24. The molecule has 14 N–H and O–H groups in total. The van der Waals surface area contributed by atoms with Crippen molar-refractivity contribution in [1.29, 1.82) is 0 Å². The van der Waals surface area contributed by atoms with Crippen LogP contribution in [0.4, 0.5) is 0 Å². The summed E-state index contributed by atoms with van der Waals surface area (Å²) in [6.07, 6.45) is -1.23. The van der Waals surface area contributed by atoms with Crippen molar-refractivity contribution in [3.63, 3.8) is 0 Å². The lowest BCUT2D eigenvalue weighted by atomic mass is 10.1. The fourth-order valence-corrected chi connectivity index (χ4v) is 2.60. The first-order chi connectivity index (χ1) is 16.3. The zero-order valence-corrected chi connectivity index (χ0v) is 18.8.